The predicted molar refractivity (Wildman–Crippen MR) is 219 cm³/mol. The standard InChI is InChI=1S/C48H30N6O/c1-3-9-36(10-4-1)46-52-47(37-11-5-2-6-12-37)54-48(53-46)38-21-17-32(18-22-38)31-15-19-34(20-16-31)43-42-41(33-23-27-49-28-24-33)44(35-25-29-50-30-26-35)55-45(42)39-13-7-8-14-40(39)51-43/h1-30H. The molecule has 258 valence electrons. The van der Waals surface area contributed by atoms with Gasteiger partial charge in [0.2, 0.25) is 0 Å². The number of para-hydroxylation sites is 1. The van der Waals surface area contributed by atoms with Gasteiger partial charge < -0.3 is 4.42 Å². The van der Waals surface area contributed by atoms with Crippen LogP contribution < -0.4 is 0 Å². The summed E-state index contributed by atoms with van der Waals surface area (Å²) in [6.07, 6.45) is 7.19. The van der Waals surface area contributed by atoms with E-state index < -0.39 is 0 Å². The van der Waals surface area contributed by atoms with Crippen molar-refractivity contribution < 1.29 is 4.42 Å². The maximum Gasteiger partial charge on any atom is 0.164 e. The van der Waals surface area contributed by atoms with Gasteiger partial charge in [0.1, 0.15) is 11.3 Å². The van der Waals surface area contributed by atoms with Gasteiger partial charge in [-0.05, 0) is 53.1 Å². The zero-order valence-electron chi connectivity index (χ0n) is 29.4. The van der Waals surface area contributed by atoms with Crippen LogP contribution >= 0.6 is 0 Å². The molecule has 5 heterocycles. The maximum absolute atomic E-state index is 6.82. The van der Waals surface area contributed by atoms with Gasteiger partial charge in [-0.1, -0.05) is 121 Å². The van der Waals surface area contributed by atoms with Crippen molar-refractivity contribution in [2.75, 3.05) is 0 Å². The van der Waals surface area contributed by atoms with Crippen molar-refractivity contribution in [1.29, 1.82) is 0 Å². The number of fused-ring (bicyclic) bond motifs is 3. The minimum atomic E-state index is 0.622. The largest absolute Gasteiger partial charge is 0.455 e. The quantitative estimate of drug-likeness (QED) is 0.163. The number of nitrogens with zero attached hydrogens (tertiary/aromatic N) is 6. The molecule has 0 saturated carbocycles. The lowest BCUT2D eigenvalue weighted by Crippen LogP contribution is -2.00. The number of furan rings is 1. The second-order valence-electron chi connectivity index (χ2n) is 13.2. The molecule has 0 N–H and O–H groups in total. The first-order valence-corrected chi connectivity index (χ1v) is 18.0. The molecule has 5 aromatic carbocycles. The maximum atomic E-state index is 6.82. The molecule has 0 aliphatic heterocycles. The molecule has 0 fully saturated rings. The number of hydrogen-bond donors (Lipinski definition) is 0. The highest BCUT2D eigenvalue weighted by Crippen LogP contribution is 2.46. The Hall–Kier alpha value is -7.64. The van der Waals surface area contributed by atoms with Crippen molar-refractivity contribution >= 4 is 21.9 Å². The summed E-state index contributed by atoms with van der Waals surface area (Å²) in [5.74, 6) is 2.66. The fourth-order valence-electron chi connectivity index (χ4n) is 7.07. The zero-order chi connectivity index (χ0) is 36.6. The molecule has 0 atom stereocenters. The Morgan fingerprint density at radius 3 is 1.36 bits per heavy atom. The first-order valence-electron chi connectivity index (χ1n) is 18.0. The van der Waals surface area contributed by atoms with Crippen molar-refractivity contribution in [2.24, 2.45) is 0 Å². The SMILES string of the molecule is c1ccc(-c2nc(-c3ccccc3)nc(-c3ccc(-c4ccc(-c5nc6ccccc6c6oc(-c7ccncc7)c(-c7ccncc7)c56)cc4)cc3)n2)cc1. The third kappa shape index (κ3) is 5.99. The van der Waals surface area contributed by atoms with E-state index in [-0.39, 0.29) is 0 Å². The van der Waals surface area contributed by atoms with Crippen molar-refractivity contribution in [3.63, 3.8) is 0 Å². The van der Waals surface area contributed by atoms with Gasteiger partial charge in [-0.3, -0.25) is 9.97 Å². The van der Waals surface area contributed by atoms with Gasteiger partial charge in [0.15, 0.2) is 17.5 Å². The molecule has 0 amide bonds. The summed E-state index contributed by atoms with van der Waals surface area (Å²) in [7, 11) is 0. The monoisotopic (exact) mass is 706 g/mol. The summed E-state index contributed by atoms with van der Waals surface area (Å²) in [5, 5.41) is 1.91. The van der Waals surface area contributed by atoms with Crippen LogP contribution in [0.2, 0.25) is 0 Å². The molecule has 5 aromatic heterocycles. The second kappa shape index (κ2) is 13.7. The van der Waals surface area contributed by atoms with E-state index in [9.17, 15) is 0 Å². The number of hydrogen-bond acceptors (Lipinski definition) is 7. The fraction of sp³-hybridized carbons (Fsp3) is 0. The lowest BCUT2D eigenvalue weighted by molar-refractivity contribution is 0.635. The smallest absolute Gasteiger partial charge is 0.164 e. The first kappa shape index (κ1) is 32.0. The molecule has 0 saturated heterocycles. The molecule has 0 bridgehead atoms. The Labute approximate surface area is 316 Å². The van der Waals surface area contributed by atoms with Gasteiger partial charge in [-0.15, -0.1) is 0 Å². The van der Waals surface area contributed by atoms with Gasteiger partial charge in [0.25, 0.3) is 0 Å². The van der Waals surface area contributed by atoms with Crippen LogP contribution in [0.4, 0.5) is 0 Å². The fourth-order valence-corrected chi connectivity index (χ4v) is 7.07. The molecule has 0 radical (unpaired) electrons. The van der Waals surface area contributed by atoms with E-state index in [1.165, 1.54) is 0 Å². The minimum absolute atomic E-state index is 0.622. The molecule has 0 spiro atoms. The lowest BCUT2D eigenvalue weighted by atomic mass is 9.95. The molecule has 7 nitrogen and oxygen atoms in total. The Morgan fingerprint density at radius 1 is 0.345 bits per heavy atom. The molecular formula is C48H30N6O. The first-order chi connectivity index (χ1) is 27.3. The van der Waals surface area contributed by atoms with E-state index >= 15 is 0 Å². The Bertz CT molecular complexity index is 2880. The van der Waals surface area contributed by atoms with E-state index in [2.05, 4.69) is 64.6 Å². The molecule has 10 aromatic rings. The van der Waals surface area contributed by atoms with E-state index in [1.54, 1.807) is 12.4 Å². The molecule has 10 rings (SSSR count). The summed E-state index contributed by atoms with van der Waals surface area (Å²) < 4.78 is 6.82. The van der Waals surface area contributed by atoms with E-state index in [4.69, 9.17) is 24.4 Å². The van der Waals surface area contributed by atoms with Crippen LogP contribution in [0.5, 0.6) is 0 Å². The zero-order valence-corrected chi connectivity index (χ0v) is 29.4. The average molecular weight is 707 g/mol. The molecule has 0 aliphatic carbocycles. The molecular weight excluding hydrogens is 677 g/mol. The van der Waals surface area contributed by atoms with Crippen molar-refractivity contribution in [3.8, 4) is 79.0 Å². The molecule has 0 aliphatic rings. The Balaban J connectivity index is 1.05. The van der Waals surface area contributed by atoms with Crippen molar-refractivity contribution in [3.05, 3.63) is 183 Å². The number of aromatic nitrogens is 6. The van der Waals surface area contributed by atoms with Gasteiger partial charge in [-0.25, -0.2) is 19.9 Å². The number of rotatable bonds is 7. The summed E-state index contributed by atoms with van der Waals surface area (Å²) in [6, 6.07) is 53.1. The highest BCUT2D eigenvalue weighted by Gasteiger charge is 2.24. The topological polar surface area (TPSA) is 90.5 Å². The third-order valence-corrected chi connectivity index (χ3v) is 9.77. The van der Waals surface area contributed by atoms with E-state index in [0.717, 1.165) is 83.4 Å². The van der Waals surface area contributed by atoms with Gasteiger partial charge >= 0.3 is 0 Å². The number of pyridine rings is 3. The van der Waals surface area contributed by atoms with Crippen molar-refractivity contribution in [2.45, 2.75) is 0 Å². The molecule has 0 unspecified atom stereocenters. The normalized spacial score (nSPS) is 11.3. The van der Waals surface area contributed by atoms with Crippen LogP contribution in [0.1, 0.15) is 0 Å². The summed E-state index contributed by atoms with van der Waals surface area (Å²) in [4.78, 5) is 28.4. The highest BCUT2D eigenvalue weighted by atomic mass is 16.3. The van der Waals surface area contributed by atoms with Crippen LogP contribution in [-0.2, 0) is 0 Å². The second-order valence-corrected chi connectivity index (χ2v) is 13.2. The van der Waals surface area contributed by atoms with Crippen LogP contribution in [0.15, 0.2) is 187 Å². The Kier molecular flexibility index (Phi) is 8.00. The predicted octanol–water partition coefficient (Wildman–Crippen LogP) is 11.6. The minimum Gasteiger partial charge on any atom is -0.455 e. The van der Waals surface area contributed by atoms with Crippen molar-refractivity contribution in [1.82, 2.24) is 29.9 Å². The van der Waals surface area contributed by atoms with E-state index in [1.807, 2.05) is 116 Å². The highest BCUT2D eigenvalue weighted by molar-refractivity contribution is 6.16. The van der Waals surface area contributed by atoms with Gasteiger partial charge in [0.05, 0.1) is 16.6 Å². The van der Waals surface area contributed by atoms with Gasteiger partial charge in [-0.2, -0.15) is 0 Å². The van der Waals surface area contributed by atoms with Gasteiger partial charge in [0, 0.05) is 63.6 Å². The van der Waals surface area contributed by atoms with Crippen LogP contribution in [0.3, 0.4) is 0 Å². The summed E-state index contributed by atoms with van der Waals surface area (Å²) in [6.45, 7) is 0. The van der Waals surface area contributed by atoms with Crippen LogP contribution in [-0.4, -0.2) is 29.9 Å². The van der Waals surface area contributed by atoms with Crippen LogP contribution in [0, 0.1) is 0 Å². The third-order valence-electron chi connectivity index (χ3n) is 9.77. The molecule has 7 heteroatoms. The average Bonchev–Trinajstić information content (AvgIpc) is 3.69. The Morgan fingerprint density at radius 2 is 0.800 bits per heavy atom. The molecule has 55 heavy (non-hydrogen) atoms. The number of benzene rings is 5. The van der Waals surface area contributed by atoms with E-state index in [0.29, 0.717) is 17.5 Å². The lowest BCUT2D eigenvalue weighted by Gasteiger charge is -2.10. The van der Waals surface area contributed by atoms with Crippen LogP contribution in [0.25, 0.3) is 101 Å². The summed E-state index contributed by atoms with van der Waals surface area (Å²) in [5.41, 5.74) is 11.4. The summed E-state index contributed by atoms with van der Waals surface area (Å²) >= 11 is 0.